The first kappa shape index (κ1) is 18.7. The summed E-state index contributed by atoms with van der Waals surface area (Å²) in [6, 6.07) is 4.74. The Morgan fingerprint density at radius 2 is 2.04 bits per heavy atom. The van der Waals surface area contributed by atoms with Crippen molar-refractivity contribution in [3.05, 3.63) is 45.9 Å². The SMILES string of the molecule is CCOC(=O)c1nn(-c2ccc(F)cc2)c(N2CCC(F)(F)C2)c1[N+](=O)[O-]. The Morgan fingerprint density at radius 3 is 2.56 bits per heavy atom. The molecule has 1 aliphatic rings. The van der Waals surface area contributed by atoms with Crippen LogP contribution in [0.25, 0.3) is 5.69 Å². The third-order valence-corrected chi connectivity index (χ3v) is 4.03. The van der Waals surface area contributed by atoms with Gasteiger partial charge in [0, 0.05) is 13.0 Å². The molecule has 1 aromatic carbocycles. The fourth-order valence-corrected chi connectivity index (χ4v) is 2.87. The Bertz CT molecular complexity index is 883. The molecule has 2 heterocycles. The standard InChI is InChI=1S/C16H15F3N4O4/c1-2-27-15(24)12-13(23(25)26)14(21-8-7-16(18,19)9-21)22(20-12)11-5-3-10(17)4-6-11/h3-6H,2,7-9H2,1H3. The van der Waals surface area contributed by atoms with Crippen LogP contribution in [-0.4, -0.2) is 46.3 Å². The number of hydrogen-bond donors (Lipinski definition) is 0. The number of halogens is 3. The number of hydrogen-bond acceptors (Lipinski definition) is 6. The lowest BCUT2D eigenvalue weighted by molar-refractivity contribution is -0.384. The van der Waals surface area contributed by atoms with Crippen LogP contribution in [0.4, 0.5) is 24.7 Å². The summed E-state index contributed by atoms with van der Waals surface area (Å²) in [5, 5.41) is 15.6. The average Bonchev–Trinajstić information content (AvgIpc) is 3.16. The van der Waals surface area contributed by atoms with Gasteiger partial charge in [0.1, 0.15) is 5.82 Å². The van der Waals surface area contributed by atoms with Gasteiger partial charge in [-0.1, -0.05) is 0 Å². The van der Waals surface area contributed by atoms with Crippen molar-refractivity contribution in [3.8, 4) is 5.69 Å². The van der Waals surface area contributed by atoms with Gasteiger partial charge in [-0.05, 0) is 31.2 Å². The first-order valence-corrected chi connectivity index (χ1v) is 8.07. The van der Waals surface area contributed by atoms with Crippen LogP contribution in [0.2, 0.25) is 0 Å². The highest BCUT2D eigenvalue weighted by molar-refractivity contribution is 5.95. The smallest absolute Gasteiger partial charge is 0.366 e. The highest BCUT2D eigenvalue weighted by atomic mass is 19.3. The number of rotatable bonds is 5. The zero-order chi connectivity index (χ0) is 19.8. The second-order valence-electron chi connectivity index (χ2n) is 5.91. The lowest BCUT2D eigenvalue weighted by Crippen LogP contribution is -2.27. The number of carbonyl (C=O) groups excluding carboxylic acids is 1. The Hall–Kier alpha value is -3.11. The van der Waals surface area contributed by atoms with Crippen molar-refractivity contribution < 1.29 is 27.6 Å². The lowest BCUT2D eigenvalue weighted by Gasteiger charge is -2.18. The summed E-state index contributed by atoms with van der Waals surface area (Å²) in [7, 11) is 0. The molecule has 0 spiro atoms. The molecule has 0 radical (unpaired) electrons. The summed E-state index contributed by atoms with van der Waals surface area (Å²) >= 11 is 0. The van der Waals surface area contributed by atoms with Crippen LogP contribution in [0.1, 0.15) is 23.8 Å². The second kappa shape index (κ2) is 6.89. The van der Waals surface area contributed by atoms with Crippen LogP contribution in [0, 0.1) is 15.9 Å². The Kier molecular flexibility index (Phi) is 4.77. The van der Waals surface area contributed by atoms with Crippen molar-refractivity contribution in [2.24, 2.45) is 0 Å². The summed E-state index contributed by atoms with van der Waals surface area (Å²) in [5.41, 5.74) is -1.15. The molecule has 0 N–H and O–H groups in total. The highest BCUT2D eigenvalue weighted by Gasteiger charge is 2.44. The van der Waals surface area contributed by atoms with Crippen molar-refractivity contribution in [2.45, 2.75) is 19.3 Å². The van der Waals surface area contributed by atoms with Crippen molar-refractivity contribution in [1.29, 1.82) is 0 Å². The number of anilines is 1. The topological polar surface area (TPSA) is 90.5 Å². The van der Waals surface area contributed by atoms with Gasteiger partial charge in [-0.3, -0.25) is 10.1 Å². The normalized spacial score (nSPS) is 15.8. The quantitative estimate of drug-likeness (QED) is 0.447. The van der Waals surface area contributed by atoms with Crippen LogP contribution < -0.4 is 4.90 Å². The van der Waals surface area contributed by atoms with Gasteiger partial charge in [-0.25, -0.2) is 22.6 Å². The molecule has 1 aromatic heterocycles. The van der Waals surface area contributed by atoms with E-state index in [4.69, 9.17) is 4.74 Å². The Morgan fingerprint density at radius 1 is 1.37 bits per heavy atom. The molecular formula is C16H15F3N4O4. The molecule has 144 valence electrons. The fraction of sp³-hybridized carbons (Fsp3) is 0.375. The third-order valence-electron chi connectivity index (χ3n) is 4.03. The van der Waals surface area contributed by atoms with Crippen LogP contribution >= 0.6 is 0 Å². The summed E-state index contributed by atoms with van der Waals surface area (Å²) in [6.07, 6.45) is -0.493. The molecule has 0 saturated carbocycles. The van der Waals surface area contributed by atoms with E-state index in [0.717, 1.165) is 21.7 Å². The number of alkyl halides is 2. The number of carbonyl (C=O) groups is 1. The highest BCUT2D eigenvalue weighted by Crippen LogP contribution is 2.39. The maximum absolute atomic E-state index is 13.7. The largest absolute Gasteiger partial charge is 0.461 e. The molecule has 1 fully saturated rings. The minimum atomic E-state index is -3.03. The van der Waals surface area contributed by atoms with Crippen LogP contribution in [0.15, 0.2) is 24.3 Å². The number of ether oxygens (including phenoxy) is 1. The van der Waals surface area contributed by atoms with E-state index in [1.807, 2.05) is 0 Å². The number of nitro groups is 1. The zero-order valence-corrected chi connectivity index (χ0v) is 14.2. The first-order valence-electron chi connectivity index (χ1n) is 8.07. The van der Waals surface area contributed by atoms with Crippen molar-refractivity contribution in [2.75, 3.05) is 24.6 Å². The van der Waals surface area contributed by atoms with Gasteiger partial charge in [0.2, 0.25) is 11.5 Å². The van der Waals surface area contributed by atoms with Gasteiger partial charge < -0.3 is 9.64 Å². The van der Waals surface area contributed by atoms with Crippen molar-refractivity contribution in [1.82, 2.24) is 9.78 Å². The summed E-state index contributed by atoms with van der Waals surface area (Å²) in [6.45, 7) is 0.547. The van der Waals surface area contributed by atoms with E-state index >= 15 is 0 Å². The van der Waals surface area contributed by atoms with E-state index in [1.165, 1.54) is 19.1 Å². The first-order chi connectivity index (χ1) is 12.7. The van der Waals surface area contributed by atoms with E-state index in [1.54, 1.807) is 0 Å². The van der Waals surface area contributed by atoms with Crippen LogP contribution in [-0.2, 0) is 4.74 Å². The summed E-state index contributed by atoms with van der Waals surface area (Å²) in [5.74, 6) is -4.90. The van der Waals surface area contributed by atoms with Gasteiger partial charge in [0.15, 0.2) is 0 Å². The molecule has 27 heavy (non-hydrogen) atoms. The van der Waals surface area contributed by atoms with E-state index in [-0.39, 0.29) is 24.7 Å². The molecule has 0 unspecified atom stereocenters. The summed E-state index contributed by atoms with van der Waals surface area (Å²) in [4.78, 5) is 24.0. The molecule has 0 atom stereocenters. The monoisotopic (exact) mass is 384 g/mol. The minimum Gasteiger partial charge on any atom is -0.461 e. The average molecular weight is 384 g/mol. The van der Waals surface area contributed by atoms with Gasteiger partial charge >= 0.3 is 11.7 Å². The third kappa shape index (κ3) is 3.57. The molecule has 0 bridgehead atoms. The van der Waals surface area contributed by atoms with Crippen LogP contribution in [0.3, 0.4) is 0 Å². The fourth-order valence-electron chi connectivity index (χ4n) is 2.87. The van der Waals surface area contributed by atoms with Gasteiger partial charge in [-0.2, -0.15) is 5.10 Å². The molecule has 11 heteroatoms. The van der Waals surface area contributed by atoms with E-state index in [0.29, 0.717) is 0 Å². The van der Waals surface area contributed by atoms with E-state index in [9.17, 15) is 28.1 Å². The number of benzene rings is 1. The molecule has 8 nitrogen and oxygen atoms in total. The molecule has 0 aliphatic carbocycles. The van der Waals surface area contributed by atoms with E-state index in [2.05, 4.69) is 5.10 Å². The predicted octanol–water partition coefficient (Wildman–Crippen LogP) is 2.94. The number of nitrogens with zero attached hydrogens (tertiary/aromatic N) is 4. The minimum absolute atomic E-state index is 0.0451. The van der Waals surface area contributed by atoms with Gasteiger partial charge in [-0.15, -0.1) is 0 Å². The molecule has 2 aromatic rings. The van der Waals surface area contributed by atoms with Crippen LogP contribution in [0.5, 0.6) is 0 Å². The number of aromatic nitrogens is 2. The molecule has 3 rings (SSSR count). The van der Waals surface area contributed by atoms with Crippen molar-refractivity contribution in [3.63, 3.8) is 0 Å². The van der Waals surface area contributed by atoms with E-state index < -0.39 is 47.0 Å². The Labute approximate surface area is 151 Å². The zero-order valence-electron chi connectivity index (χ0n) is 14.2. The maximum atomic E-state index is 13.7. The molecule has 0 amide bonds. The predicted molar refractivity (Wildman–Crippen MR) is 87.9 cm³/mol. The second-order valence-corrected chi connectivity index (χ2v) is 5.91. The summed E-state index contributed by atoms with van der Waals surface area (Å²) < 4.78 is 46.4. The molecular weight excluding hydrogens is 369 g/mol. The lowest BCUT2D eigenvalue weighted by atomic mass is 10.3. The van der Waals surface area contributed by atoms with Crippen molar-refractivity contribution >= 4 is 17.5 Å². The molecule has 1 saturated heterocycles. The number of esters is 1. The van der Waals surface area contributed by atoms with Gasteiger partial charge in [0.05, 0.1) is 23.8 Å². The Balaban J connectivity index is 2.21. The maximum Gasteiger partial charge on any atom is 0.366 e. The molecule has 1 aliphatic heterocycles. The van der Waals surface area contributed by atoms with Gasteiger partial charge in [0.25, 0.3) is 5.92 Å².